The van der Waals surface area contributed by atoms with Crippen LogP contribution in [0.15, 0.2) is 17.8 Å². The van der Waals surface area contributed by atoms with Gasteiger partial charge < -0.3 is 15.1 Å². The van der Waals surface area contributed by atoms with Crippen LogP contribution in [0.3, 0.4) is 0 Å². The zero-order chi connectivity index (χ0) is 15.8. The minimum Gasteiger partial charge on any atom is -0.344 e. The number of amides is 1. The summed E-state index contributed by atoms with van der Waals surface area (Å²) in [6, 6.07) is 2.27. The topological polar surface area (TPSA) is 61.4 Å². The normalized spacial score (nSPS) is 24.5. The maximum atomic E-state index is 13.0. The summed E-state index contributed by atoms with van der Waals surface area (Å²) in [5.41, 5.74) is 0. The van der Waals surface area contributed by atoms with Crippen LogP contribution in [0.5, 0.6) is 0 Å². The second-order valence-corrected chi connectivity index (χ2v) is 7.18. The van der Waals surface area contributed by atoms with Crippen LogP contribution in [0.1, 0.15) is 19.3 Å². The van der Waals surface area contributed by atoms with Crippen LogP contribution >= 0.6 is 11.3 Å². The number of thiophene rings is 1. The summed E-state index contributed by atoms with van der Waals surface area (Å²) in [6.07, 6.45) is 4.58. The van der Waals surface area contributed by atoms with Gasteiger partial charge in [0.05, 0.1) is 5.39 Å². The van der Waals surface area contributed by atoms with E-state index in [4.69, 9.17) is 0 Å². The first-order valence-electron chi connectivity index (χ1n) is 8.18. The Morgan fingerprint density at radius 3 is 3.17 bits per heavy atom. The molecule has 0 spiro atoms. The minimum absolute atomic E-state index is 0.0985. The molecular formula is C16H21N5OS. The number of nitrogens with zero attached hydrogens (tertiary/aromatic N) is 4. The Labute approximate surface area is 139 Å². The van der Waals surface area contributed by atoms with Crippen molar-refractivity contribution in [3.8, 4) is 0 Å². The summed E-state index contributed by atoms with van der Waals surface area (Å²) in [6.45, 7) is 2.78. The van der Waals surface area contributed by atoms with E-state index < -0.39 is 0 Å². The molecule has 2 aliphatic rings. The minimum atomic E-state index is -0.0985. The molecule has 2 aromatic rings. The van der Waals surface area contributed by atoms with Crippen molar-refractivity contribution in [3.05, 3.63) is 17.8 Å². The van der Waals surface area contributed by atoms with Crippen molar-refractivity contribution < 1.29 is 4.79 Å². The molecule has 4 rings (SSSR count). The number of anilines is 1. The molecule has 0 saturated carbocycles. The number of hydrogen-bond donors (Lipinski definition) is 1. The molecule has 0 aromatic carbocycles. The number of rotatable bonds is 3. The maximum absolute atomic E-state index is 13.0. The van der Waals surface area contributed by atoms with Crippen LogP contribution < -0.4 is 10.2 Å². The van der Waals surface area contributed by atoms with E-state index in [1.165, 1.54) is 0 Å². The van der Waals surface area contributed by atoms with Crippen molar-refractivity contribution in [3.63, 3.8) is 0 Å². The second-order valence-electron chi connectivity index (χ2n) is 6.28. The number of carbonyl (C=O) groups excluding carboxylic acids is 1. The number of fused-ring (bicyclic) bond motifs is 1. The number of aromatic nitrogens is 2. The van der Waals surface area contributed by atoms with E-state index in [0.29, 0.717) is 6.04 Å². The van der Waals surface area contributed by atoms with Crippen molar-refractivity contribution in [2.45, 2.75) is 31.3 Å². The fourth-order valence-electron chi connectivity index (χ4n) is 3.67. The average molecular weight is 331 g/mol. The molecule has 6 nitrogen and oxygen atoms in total. The van der Waals surface area contributed by atoms with Crippen LogP contribution in [0, 0.1) is 0 Å². The van der Waals surface area contributed by atoms with Crippen LogP contribution in [0.2, 0.25) is 0 Å². The lowest BCUT2D eigenvalue weighted by molar-refractivity contribution is -0.132. The van der Waals surface area contributed by atoms with Gasteiger partial charge in [0, 0.05) is 26.2 Å². The van der Waals surface area contributed by atoms with Gasteiger partial charge in [0.2, 0.25) is 5.91 Å². The highest BCUT2D eigenvalue weighted by Crippen LogP contribution is 2.32. The molecule has 2 unspecified atom stereocenters. The molecule has 1 N–H and O–H groups in total. The van der Waals surface area contributed by atoms with Gasteiger partial charge >= 0.3 is 0 Å². The van der Waals surface area contributed by atoms with Gasteiger partial charge in [-0.1, -0.05) is 0 Å². The number of likely N-dealkylation sites (N-methyl/N-ethyl adjacent to an activating group) is 1. The zero-order valence-corrected chi connectivity index (χ0v) is 14.1. The third kappa shape index (κ3) is 2.57. The summed E-state index contributed by atoms with van der Waals surface area (Å²) < 4.78 is 0. The van der Waals surface area contributed by atoms with Gasteiger partial charge in [-0.15, -0.1) is 11.3 Å². The van der Waals surface area contributed by atoms with Gasteiger partial charge in [-0.2, -0.15) is 0 Å². The molecule has 2 aromatic heterocycles. The van der Waals surface area contributed by atoms with Crippen molar-refractivity contribution in [1.82, 2.24) is 20.2 Å². The highest BCUT2D eigenvalue weighted by atomic mass is 32.1. The molecule has 2 atom stereocenters. The fraction of sp³-hybridized carbons (Fsp3) is 0.562. The number of hydrogen-bond acceptors (Lipinski definition) is 6. The summed E-state index contributed by atoms with van der Waals surface area (Å²) >= 11 is 1.62. The van der Waals surface area contributed by atoms with E-state index in [2.05, 4.69) is 26.3 Å². The number of nitrogens with one attached hydrogen (secondary N) is 1. The first-order chi connectivity index (χ1) is 11.3. The maximum Gasteiger partial charge on any atom is 0.245 e. The van der Waals surface area contributed by atoms with Crippen LogP contribution in [-0.2, 0) is 4.79 Å². The predicted molar refractivity (Wildman–Crippen MR) is 91.8 cm³/mol. The van der Waals surface area contributed by atoms with Crippen LogP contribution in [0.4, 0.5) is 5.82 Å². The average Bonchev–Trinajstić information content (AvgIpc) is 3.33. The van der Waals surface area contributed by atoms with Crippen molar-refractivity contribution >= 4 is 33.3 Å². The Balaban J connectivity index is 1.61. The zero-order valence-electron chi connectivity index (χ0n) is 13.2. The molecule has 2 saturated heterocycles. The van der Waals surface area contributed by atoms with Gasteiger partial charge in [-0.3, -0.25) is 4.79 Å². The monoisotopic (exact) mass is 331 g/mol. The molecule has 23 heavy (non-hydrogen) atoms. The third-order valence-corrected chi connectivity index (χ3v) is 5.80. The molecule has 2 fully saturated rings. The molecule has 0 bridgehead atoms. The summed E-state index contributed by atoms with van der Waals surface area (Å²) in [5, 5.41) is 6.43. The predicted octanol–water partition coefficient (Wildman–Crippen LogP) is 1.48. The molecule has 0 radical (unpaired) electrons. The van der Waals surface area contributed by atoms with Gasteiger partial charge in [0.15, 0.2) is 0 Å². The largest absolute Gasteiger partial charge is 0.344 e. The van der Waals surface area contributed by atoms with Gasteiger partial charge in [-0.25, -0.2) is 9.97 Å². The van der Waals surface area contributed by atoms with Crippen molar-refractivity contribution in [2.24, 2.45) is 0 Å². The highest BCUT2D eigenvalue weighted by Gasteiger charge is 2.36. The Kier molecular flexibility index (Phi) is 3.90. The first-order valence-corrected chi connectivity index (χ1v) is 9.06. The Hall–Kier alpha value is -1.73. The smallest absolute Gasteiger partial charge is 0.245 e. The SMILES string of the molecule is CN(C(=O)C1CCCN1c1ncnc2sccc12)C1CCNC1. The van der Waals surface area contributed by atoms with E-state index in [1.54, 1.807) is 17.7 Å². The summed E-state index contributed by atoms with van der Waals surface area (Å²) in [5.74, 6) is 1.13. The molecule has 0 aliphatic carbocycles. The number of carbonyl (C=O) groups is 1. The quantitative estimate of drug-likeness (QED) is 0.923. The molecule has 4 heterocycles. The molecule has 122 valence electrons. The molecule has 7 heteroatoms. The highest BCUT2D eigenvalue weighted by molar-refractivity contribution is 7.16. The Morgan fingerprint density at radius 2 is 2.35 bits per heavy atom. The van der Waals surface area contributed by atoms with E-state index >= 15 is 0 Å². The van der Waals surface area contributed by atoms with Crippen LogP contribution in [-0.4, -0.2) is 59.5 Å². The van der Waals surface area contributed by atoms with Gasteiger partial charge in [-0.05, 0) is 37.3 Å². The van der Waals surface area contributed by atoms with E-state index in [0.717, 1.165) is 54.9 Å². The van der Waals surface area contributed by atoms with Crippen molar-refractivity contribution in [2.75, 3.05) is 31.6 Å². The molecule has 1 amide bonds. The van der Waals surface area contributed by atoms with E-state index in [9.17, 15) is 4.79 Å². The lowest BCUT2D eigenvalue weighted by atomic mass is 10.1. The lowest BCUT2D eigenvalue weighted by Gasteiger charge is -2.31. The molecular weight excluding hydrogens is 310 g/mol. The summed E-state index contributed by atoms with van der Waals surface area (Å²) in [4.78, 5) is 26.9. The van der Waals surface area contributed by atoms with Crippen LogP contribution in [0.25, 0.3) is 10.2 Å². The third-order valence-electron chi connectivity index (χ3n) is 4.98. The van der Waals surface area contributed by atoms with Gasteiger partial charge in [0.1, 0.15) is 23.0 Å². The summed E-state index contributed by atoms with van der Waals surface area (Å²) in [7, 11) is 1.94. The van der Waals surface area contributed by atoms with Crippen molar-refractivity contribution in [1.29, 1.82) is 0 Å². The first kappa shape index (κ1) is 14.8. The fourth-order valence-corrected chi connectivity index (χ4v) is 4.40. The second kappa shape index (κ2) is 6.05. The molecule has 2 aliphatic heterocycles. The Morgan fingerprint density at radius 1 is 1.43 bits per heavy atom. The Bertz CT molecular complexity index is 711. The standard InChI is InChI=1S/C16H21N5OS/c1-20(11-4-6-17-9-11)16(22)13-3-2-7-21(13)14-12-5-8-23-15(12)19-10-18-14/h5,8,10-11,13,17H,2-4,6-7,9H2,1H3. The van der Waals surface area contributed by atoms with E-state index in [1.807, 2.05) is 17.3 Å². The van der Waals surface area contributed by atoms with Gasteiger partial charge in [0.25, 0.3) is 0 Å². The van der Waals surface area contributed by atoms with E-state index in [-0.39, 0.29) is 11.9 Å². The lowest BCUT2D eigenvalue weighted by Crippen LogP contribution is -2.48.